The fraction of sp³-hybridized carbons (Fsp3) is 0.381. The molecule has 9 heteroatoms. The first-order chi connectivity index (χ1) is 14.8. The quantitative estimate of drug-likeness (QED) is 0.540. The number of fused-ring (bicyclic) bond motifs is 1. The largest absolute Gasteiger partial charge is 0.336 e. The molecule has 4 aromatic rings. The molecule has 0 radical (unpaired) electrons. The van der Waals surface area contributed by atoms with Crippen molar-refractivity contribution in [1.82, 2.24) is 40.5 Å². The Balaban J connectivity index is 1.31. The zero-order valence-corrected chi connectivity index (χ0v) is 16.7. The average Bonchev–Trinajstić information content (AvgIpc) is 3.26. The van der Waals surface area contributed by atoms with Crippen molar-refractivity contribution in [3.05, 3.63) is 43.0 Å². The van der Waals surface area contributed by atoms with Crippen LogP contribution in [-0.4, -0.2) is 60.3 Å². The summed E-state index contributed by atoms with van der Waals surface area (Å²) in [5.74, 6) is 1.50. The van der Waals surface area contributed by atoms with Gasteiger partial charge in [0, 0.05) is 48.5 Å². The van der Waals surface area contributed by atoms with Gasteiger partial charge in [0.1, 0.15) is 5.69 Å². The molecule has 6 rings (SSSR count). The number of hydrogen-bond donors (Lipinski definition) is 2. The lowest BCUT2D eigenvalue weighted by atomic mass is 10.1. The van der Waals surface area contributed by atoms with Gasteiger partial charge >= 0.3 is 0 Å². The zero-order valence-electron chi connectivity index (χ0n) is 16.7. The highest BCUT2D eigenvalue weighted by molar-refractivity contribution is 5.97. The van der Waals surface area contributed by atoms with Gasteiger partial charge in [-0.05, 0) is 43.9 Å². The monoisotopic (exact) mass is 401 g/mol. The van der Waals surface area contributed by atoms with E-state index in [9.17, 15) is 0 Å². The molecule has 9 nitrogen and oxygen atoms in total. The van der Waals surface area contributed by atoms with Crippen LogP contribution in [0.15, 0.2) is 43.0 Å². The van der Waals surface area contributed by atoms with E-state index < -0.39 is 0 Å². The van der Waals surface area contributed by atoms with Crippen molar-refractivity contribution >= 4 is 16.9 Å². The lowest BCUT2D eigenvalue weighted by molar-refractivity contribution is 0.355. The molecule has 1 saturated heterocycles. The number of aromatic amines is 1. The molecule has 1 saturated carbocycles. The van der Waals surface area contributed by atoms with Crippen molar-refractivity contribution < 1.29 is 0 Å². The fourth-order valence-electron chi connectivity index (χ4n) is 4.44. The minimum atomic E-state index is 0.424. The Kier molecular flexibility index (Phi) is 4.02. The molecule has 0 spiro atoms. The van der Waals surface area contributed by atoms with E-state index in [4.69, 9.17) is 0 Å². The third kappa shape index (κ3) is 3.02. The number of aromatic nitrogens is 7. The molecule has 2 N–H and O–H groups in total. The van der Waals surface area contributed by atoms with Crippen molar-refractivity contribution in [2.45, 2.75) is 31.8 Å². The first-order valence-corrected chi connectivity index (χ1v) is 10.4. The Morgan fingerprint density at radius 1 is 1.10 bits per heavy atom. The maximum absolute atomic E-state index is 4.67. The Morgan fingerprint density at radius 2 is 2.03 bits per heavy atom. The van der Waals surface area contributed by atoms with Crippen LogP contribution in [0.1, 0.15) is 19.8 Å². The molecule has 3 aromatic heterocycles. The fourth-order valence-corrected chi connectivity index (χ4v) is 4.44. The number of anilines is 1. The predicted molar refractivity (Wildman–Crippen MR) is 113 cm³/mol. The topological polar surface area (TPSA) is 100 Å². The van der Waals surface area contributed by atoms with E-state index >= 15 is 0 Å². The third-order valence-corrected chi connectivity index (χ3v) is 6.05. The molecule has 0 unspecified atom stereocenters. The van der Waals surface area contributed by atoms with E-state index in [0.717, 1.165) is 46.9 Å². The van der Waals surface area contributed by atoms with E-state index in [0.29, 0.717) is 18.0 Å². The molecule has 4 heterocycles. The van der Waals surface area contributed by atoms with Crippen LogP contribution in [0.3, 0.4) is 0 Å². The maximum Gasteiger partial charge on any atom is 0.245 e. The van der Waals surface area contributed by atoms with Crippen LogP contribution in [-0.2, 0) is 0 Å². The van der Waals surface area contributed by atoms with Crippen LogP contribution in [0.2, 0.25) is 0 Å². The third-order valence-electron chi connectivity index (χ3n) is 6.05. The van der Waals surface area contributed by atoms with Gasteiger partial charge in [-0.25, -0.2) is 9.67 Å². The van der Waals surface area contributed by atoms with Gasteiger partial charge < -0.3 is 10.2 Å². The van der Waals surface area contributed by atoms with Crippen molar-refractivity contribution in [1.29, 1.82) is 0 Å². The van der Waals surface area contributed by atoms with E-state index in [1.807, 2.05) is 41.5 Å². The van der Waals surface area contributed by atoms with Gasteiger partial charge in [-0.15, -0.1) is 10.2 Å². The Bertz CT molecular complexity index is 1160. The summed E-state index contributed by atoms with van der Waals surface area (Å²) in [5, 5.41) is 25.3. The van der Waals surface area contributed by atoms with E-state index in [1.54, 1.807) is 6.20 Å². The van der Waals surface area contributed by atoms with E-state index in [2.05, 4.69) is 47.6 Å². The van der Waals surface area contributed by atoms with Gasteiger partial charge in [-0.1, -0.05) is 0 Å². The highest BCUT2D eigenvalue weighted by Gasteiger charge is 2.36. The normalized spacial score (nSPS) is 22.0. The standard InChI is InChI=1S/C21H23N9/c1-13-11-29(12-18(25-13)14-3-4-14)21-22-10-17(26-28-21)15-5-6-19(30-8-2-7-24-30)20-16(15)9-23-27-20/h2,5-10,13-14,18,25H,3-4,11-12H2,1H3,(H,23,27)/t13-,18-/m1/s1. The number of H-pyrrole nitrogens is 1. The van der Waals surface area contributed by atoms with Gasteiger partial charge in [-0.3, -0.25) is 5.10 Å². The number of benzene rings is 1. The van der Waals surface area contributed by atoms with Crippen LogP contribution in [0.25, 0.3) is 27.8 Å². The van der Waals surface area contributed by atoms with Crippen LogP contribution in [0.5, 0.6) is 0 Å². The second-order valence-corrected chi connectivity index (χ2v) is 8.30. The van der Waals surface area contributed by atoms with Gasteiger partial charge in [0.25, 0.3) is 0 Å². The second-order valence-electron chi connectivity index (χ2n) is 8.30. The number of rotatable bonds is 4. The summed E-state index contributed by atoms with van der Waals surface area (Å²) < 4.78 is 1.82. The van der Waals surface area contributed by atoms with Crippen molar-refractivity contribution in [3.8, 4) is 16.9 Å². The minimum Gasteiger partial charge on any atom is -0.336 e. The first kappa shape index (κ1) is 17.5. The number of nitrogens with one attached hydrogen (secondary N) is 2. The average molecular weight is 401 g/mol. The molecule has 2 atom stereocenters. The molecule has 1 aliphatic carbocycles. The summed E-state index contributed by atoms with van der Waals surface area (Å²) in [5.41, 5.74) is 3.53. The first-order valence-electron chi connectivity index (χ1n) is 10.4. The Labute approximate surface area is 173 Å². The second kappa shape index (κ2) is 6.88. The lowest BCUT2D eigenvalue weighted by Gasteiger charge is -2.37. The smallest absolute Gasteiger partial charge is 0.245 e. The van der Waals surface area contributed by atoms with Crippen molar-refractivity contribution in [2.24, 2.45) is 5.92 Å². The molecule has 0 amide bonds. The number of nitrogens with zero attached hydrogens (tertiary/aromatic N) is 7. The van der Waals surface area contributed by atoms with Gasteiger partial charge in [0.2, 0.25) is 5.95 Å². The molecule has 1 aromatic carbocycles. The van der Waals surface area contributed by atoms with Gasteiger partial charge in [-0.2, -0.15) is 10.2 Å². The molecule has 2 fully saturated rings. The number of piperazine rings is 1. The number of hydrogen-bond acceptors (Lipinski definition) is 7. The maximum atomic E-state index is 4.67. The molecular weight excluding hydrogens is 378 g/mol. The van der Waals surface area contributed by atoms with E-state index in [-0.39, 0.29) is 0 Å². The van der Waals surface area contributed by atoms with Crippen LogP contribution >= 0.6 is 0 Å². The van der Waals surface area contributed by atoms with Crippen LogP contribution < -0.4 is 10.2 Å². The lowest BCUT2D eigenvalue weighted by Crippen LogP contribution is -2.56. The van der Waals surface area contributed by atoms with Crippen molar-refractivity contribution in [2.75, 3.05) is 18.0 Å². The van der Waals surface area contributed by atoms with E-state index in [1.165, 1.54) is 12.8 Å². The minimum absolute atomic E-state index is 0.424. The highest BCUT2D eigenvalue weighted by Crippen LogP contribution is 2.35. The summed E-state index contributed by atoms with van der Waals surface area (Å²) in [6.45, 7) is 4.06. The van der Waals surface area contributed by atoms with Gasteiger partial charge in [0.15, 0.2) is 0 Å². The molecule has 1 aliphatic heterocycles. The van der Waals surface area contributed by atoms with Crippen LogP contribution in [0.4, 0.5) is 5.95 Å². The summed E-state index contributed by atoms with van der Waals surface area (Å²) in [7, 11) is 0. The summed E-state index contributed by atoms with van der Waals surface area (Å²) in [6.07, 6.45) is 9.95. The zero-order chi connectivity index (χ0) is 20.1. The Morgan fingerprint density at radius 3 is 2.80 bits per heavy atom. The SMILES string of the molecule is C[C@@H]1CN(c2ncc(-c3ccc(-n4cccn4)c4[nH]ncc34)nn2)C[C@H](C2CC2)N1. The highest BCUT2D eigenvalue weighted by atomic mass is 15.3. The summed E-state index contributed by atoms with van der Waals surface area (Å²) in [4.78, 5) is 6.93. The van der Waals surface area contributed by atoms with Crippen LogP contribution in [0, 0.1) is 5.92 Å². The summed E-state index contributed by atoms with van der Waals surface area (Å²) in [6, 6.07) is 6.88. The molecular formula is C21H23N9. The van der Waals surface area contributed by atoms with Crippen molar-refractivity contribution in [3.63, 3.8) is 0 Å². The van der Waals surface area contributed by atoms with Gasteiger partial charge in [0.05, 0.1) is 23.6 Å². The molecule has 30 heavy (non-hydrogen) atoms. The Hall–Kier alpha value is -3.33. The molecule has 0 bridgehead atoms. The molecule has 152 valence electrons. The molecule has 2 aliphatic rings. The predicted octanol–water partition coefficient (Wildman–Crippen LogP) is 2.18. The summed E-state index contributed by atoms with van der Waals surface area (Å²) >= 11 is 0.